The summed E-state index contributed by atoms with van der Waals surface area (Å²) >= 11 is 0. The zero-order valence-electron chi connectivity index (χ0n) is 34.4. The Morgan fingerprint density at radius 3 is 2.13 bits per heavy atom. The van der Waals surface area contributed by atoms with E-state index in [1.165, 1.54) is 7.11 Å². The van der Waals surface area contributed by atoms with Gasteiger partial charge in [0.2, 0.25) is 17.7 Å². The van der Waals surface area contributed by atoms with Crippen molar-refractivity contribution in [2.75, 3.05) is 46.5 Å². The van der Waals surface area contributed by atoms with Gasteiger partial charge in [0.25, 0.3) is 0 Å². The number of nitrogens with one attached hydrogen (secondary N) is 5. The zero-order valence-corrected chi connectivity index (χ0v) is 34.4. The van der Waals surface area contributed by atoms with Crippen LogP contribution in [0.15, 0.2) is 91.3 Å². The van der Waals surface area contributed by atoms with Crippen LogP contribution in [0.2, 0.25) is 0 Å². The number of piperazine rings is 1. The molecule has 5 aromatic rings. The summed E-state index contributed by atoms with van der Waals surface area (Å²) in [4.78, 5) is 72.3. The Morgan fingerprint density at radius 2 is 1.44 bits per heavy atom. The molecule has 0 spiro atoms. The van der Waals surface area contributed by atoms with Crippen LogP contribution >= 0.6 is 0 Å². The summed E-state index contributed by atoms with van der Waals surface area (Å²) in [6.45, 7) is 3.03. The highest BCUT2D eigenvalue weighted by atomic mass is 16.5. The molecule has 3 aromatic carbocycles. The van der Waals surface area contributed by atoms with E-state index in [2.05, 4.69) is 67.3 Å². The number of hydrogen-bond acceptors (Lipinski definition) is 9. The summed E-state index contributed by atoms with van der Waals surface area (Å²) in [7, 11) is 1.28. The van der Waals surface area contributed by atoms with Crippen LogP contribution in [0.5, 0.6) is 0 Å². The van der Waals surface area contributed by atoms with Gasteiger partial charge < -0.3 is 40.3 Å². The number of likely N-dealkylation sites (tertiary alicyclic amines) is 1. The SMILES string of the molecule is COC(=O)N[C@H]1CCCCCOCC[C@@H](c2ncc(-c3ccc(-c4ccc(-c5cnc([C@@H]6CCCN6C(=O)[C@@H](c6ccccc6)N6CCNC(=O)C6)[nH]5)cc4)cc3)[nH]2)NC1=O. The van der Waals surface area contributed by atoms with Crippen molar-refractivity contribution >= 4 is 23.8 Å². The van der Waals surface area contributed by atoms with Gasteiger partial charge in [-0.15, -0.1) is 0 Å². The lowest BCUT2D eigenvalue weighted by atomic mass is 10.0. The third-order valence-electron chi connectivity index (χ3n) is 11.8. The lowest BCUT2D eigenvalue weighted by Gasteiger charge is -2.37. The van der Waals surface area contributed by atoms with Gasteiger partial charge in [-0.1, -0.05) is 91.7 Å². The molecule has 3 aliphatic rings. The van der Waals surface area contributed by atoms with E-state index in [1.807, 2.05) is 58.5 Å². The molecule has 2 aromatic heterocycles. The Labute approximate surface area is 355 Å². The van der Waals surface area contributed by atoms with Gasteiger partial charge in [0, 0.05) is 32.8 Å². The minimum Gasteiger partial charge on any atom is -0.453 e. The molecule has 4 atom stereocenters. The largest absolute Gasteiger partial charge is 0.453 e. The third kappa shape index (κ3) is 9.84. The van der Waals surface area contributed by atoms with E-state index >= 15 is 0 Å². The van der Waals surface area contributed by atoms with Gasteiger partial charge >= 0.3 is 6.09 Å². The first kappa shape index (κ1) is 41.4. The number of ether oxygens (including phenoxy) is 2. The zero-order chi connectivity index (χ0) is 42.1. The Hall–Kier alpha value is -6.32. The molecule has 15 nitrogen and oxygen atoms in total. The molecule has 0 aliphatic carbocycles. The number of H-pyrrole nitrogens is 2. The number of nitrogens with zero attached hydrogens (tertiary/aromatic N) is 4. The van der Waals surface area contributed by atoms with Gasteiger partial charge in [0.1, 0.15) is 23.7 Å². The number of aromatic amines is 2. The second-order valence-corrected chi connectivity index (χ2v) is 15.8. The Bertz CT molecular complexity index is 2280. The summed E-state index contributed by atoms with van der Waals surface area (Å²) in [5, 5.41) is 8.62. The van der Waals surface area contributed by atoms with Crippen LogP contribution in [0.3, 0.4) is 0 Å². The molecule has 15 heteroatoms. The van der Waals surface area contributed by atoms with E-state index in [0.29, 0.717) is 51.5 Å². The summed E-state index contributed by atoms with van der Waals surface area (Å²) in [5.74, 6) is 0.999. The number of methoxy groups -OCH3 is 1. The van der Waals surface area contributed by atoms with Crippen molar-refractivity contribution in [3.63, 3.8) is 0 Å². The molecular formula is C46H53N9O6. The lowest BCUT2D eigenvalue weighted by molar-refractivity contribution is -0.140. The number of imidazole rings is 2. The maximum Gasteiger partial charge on any atom is 0.407 e. The highest BCUT2D eigenvalue weighted by Crippen LogP contribution is 2.36. The van der Waals surface area contributed by atoms with Crippen LogP contribution in [-0.2, 0) is 23.9 Å². The van der Waals surface area contributed by atoms with E-state index in [1.54, 1.807) is 6.20 Å². The fraction of sp³-hybridized carbons (Fsp3) is 0.391. The number of alkyl carbamates (subject to hydrolysis) is 1. The molecule has 0 bridgehead atoms. The van der Waals surface area contributed by atoms with Crippen molar-refractivity contribution in [3.05, 3.63) is 108 Å². The molecule has 0 saturated carbocycles. The van der Waals surface area contributed by atoms with Gasteiger partial charge in [-0.3, -0.25) is 19.3 Å². The van der Waals surface area contributed by atoms with Crippen molar-refractivity contribution < 1.29 is 28.7 Å². The predicted octanol–water partition coefficient (Wildman–Crippen LogP) is 5.83. The minimum atomic E-state index is -0.708. The first-order chi connectivity index (χ1) is 29.8. The topological polar surface area (TPSA) is 187 Å². The fourth-order valence-electron chi connectivity index (χ4n) is 8.55. The quantitative estimate of drug-likeness (QED) is 0.122. The van der Waals surface area contributed by atoms with E-state index in [4.69, 9.17) is 14.5 Å². The molecule has 8 rings (SSSR count). The summed E-state index contributed by atoms with van der Waals surface area (Å²) in [6.07, 6.45) is 8.22. The van der Waals surface area contributed by atoms with E-state index < -0.39 is 24.2 Å². The van der Waals surface area contributed by atoms with Crippen molar-refractivity contribution in [2.45, 2.75) is 69.1 Å². The number of hydrogen-bond donors (Lipinski definition) is 5. The molecule has 5 N–H and O–H groups in total. The van der Waals surface area contributed by atoms with Crippen LogP contribution in [0.4, 0.5) is 4.79 Å². The number of carbonyl (C=O) groups excluding carboxylic acids is 4. The number of aromatic nitrogens is 4. The van der Waals surface area contributed by atoms with Gasteiger partial charge in [0.15, 0.2) is 0 Å². The molecule has 3 fully saturated rings. The smallest absolute Gasteiger partial charge is 0.407 e. The van der Waals surface area contributed by atoms with Crippen molar-refractivity contribution in [1.82, 2.24) is 45.7 Å². The second-order valence-electron chi connectivity index (χ2n) is 15.8. The second kappa shape index (κ2) is 19.4. The Balaban J connectivity index is 0.926. The normalized spacial score (nSPS) is 21.1. The number of amides is 4. The Kier molecular flexibility index (Phi) is 13.2. The molecule has 61 heavy (non-hydrogen) atoms. The van der Waals surface area contributed by atoms with E-state index in [9.17, 15) is 19.2 Å². The minimum absolute atomic E-state index is 0.0100. The third-order valence-corrected chi connectivity index (χ3v) is 11.8. The highest BCUT2D eigenvalue weighted by Gasteiger charge is 2.39. The molecule has 3 saturated heterocycles. The van der Waals surface area contributed by atoms with E-state index in [0.717, 1.165) is 77.1 Å². The molecule has 4 amide bonds. The van der Waals surface area contributed by atoms with Crippen LogP contribution in [0.25, 0.3) is 33.6 Å². The van der Waals surface area contributed by atoms with Gasteiger partial charge in [-0.25, -0.2) is 14.8 Å². The maximum absolute atomic E-state index is 14.3. The summed E-state index contributed by atoms with van der Waals surface area (Å²) in [5.41, 5.74) is 6.60. The Morgan fingerprint density at radius 1 is 0.770 bits per heavy atom. The van der Waals surface area contributed by atoms with Crippen LogP contribution in [0.1, 0.15) is 80.3 Å². The molecular weight excluding hydrogens is 775 g/mol. The molecule has 318 valence electrons. The van der Waals surface area contributed by atoms with Gasteiger partial charge in [-0.2, -0.15) is 0 Å². The lowest BCUT2D eigenvalue weighted by Crippen LogP contribution is -2.52. The van der Waals surface area contributed by atoms with Crippen molar-refractivity contribution in [1.29, 1.82) is 0 Å². The summed E-state index contributed by atoms with van der Waals surface area (Å²) in [6, 6.07) is 24.4. The molecule has 3 aliphatic heterocycles. The van der Waals surface area contributed by atoms with Gasteiger partial charge in [-0.05, 0) is 59.9 Å². The highest BCUT2D eigenvalue weighted by molar-refractivity contribution is 5.87. The average molecular weight is 828 g/mol. The standard InChI is InChI=1S/C46H53N9O6/c1-60-46(59)53-36-11-6-3-7-25-61-26-21-35(52-44(36)57)42-48-27-37(50-42)32-17-13-30(14-18-32)31-15-19-33(20-16-31)38-28-49-43(51-38)39-12-8-23-55(39)45(58)41(34-9-4-2-5-10-34)54-24-22-47-40(56)29-54/h2,4-5,9-10,13-20,27-28,35-36,39,41H,3,6-8,11-12,21-26,29H2,1H3,(H,47,56)(H,48,50)(H,49,51)(H,52,57)(H,53,59)/t35-,36-,39-,41+/m0/s1. The molecule has 5 heterocycles. The maximum atomic E-state index is 14.3. The molecule has 0 unspecified atom stereocenters. The fourth-order valence-corrected chi connectivity index (χ4v) is 8.55. The van der Waals surface area contributed by atoms with Crippen LogP contribution in [-0.4, -0.2) is 106 Å². The first-order valence-electron chi connectivity index (χ1n) is 21.2. The van der Waals surface area contributed by atoms with E-state index in [-0.39, 0.29) is 30.3 Å². The predicted molar refractivity (Wildman–Crippen MR) is 229 cm³/mol. The average Bonchev–Trinajstić information content (AvgIpc) is 4.09. The van der Waals surface area contributed by atoms with Crippen LogP contribution < -0.4 is 16.0 Å². The van der Waals surface area contributed by atoms with Crippen molar-refractivity contribution in [2.24, 2.45) is 0 Å². The van der Waals surface area contributed by atoms with Gasteiger partial charge in [0.05, 0.1) is 49.5 Å². The number of carbonyl (C=O) groups is 4. The number of benzene rings is 3. The molecule has 0 radical (unpaired) electrons. The van der Waals surface area contributed by atoms with Crippen LogP contribution in [0, 0.1) is 0 Å². The first-order valence-corrected chi connectivity index (χ1v) is 21.2. The van der Waals surface area contributed by atoms with Crippen molar-refractivity contribution in [3.8, 4) is 33.6 Å². The summed E-state index contributed by atoms with van der Waals surface area (Å²) < 4.78 is 10.6. The number of rotatable bonds is 9. The monoisotopic (exact) mass is 827 g/mol.